The van der Waals surface area contributed by atoms with Gasteiger partial charge in [0, 0.05) is 12.3 Å². The highest BCUT2D eigenvalue weighted by molar-refractivity contribution is 4.61. The van der Waals surface area contributed by atoms with Gasteiger partial charge in [-0.25, -0.2) is 0 Å². The normalized spacial score (nSPS) is 24.5. The van der Waals surface area contributed by atoms with E-state index in [1.54, 1.807) is 0 Å². The number of hydrogen-bond donors (Lipinski definition) is 1. The van der Waals surface area contributed by atoms with Gasteiger partial charge in [-0.1, -0.05) is 26.7 Å². The highest BCUT2D eigenvalue weighted by Crippen LogP contribution is 2.11. The third-order valence-corrected chi connectivity index (χ3v) is 3.31. The number of unbranched alkanes of at least 4 members (excludes halogenated alkanes) is 2. The topological polar surface area (TPSA) is 28.2 Å². The van der Waals surface area contributed by atoms with Gasteiger partial charge in [-0.05, 0) is 19.3 Å². The molecule has 0 aromatic heterocycles. The van der Waals surface area contributed by atoms with Crippen LogP contribution in [0.25, 0.3) is 0 Å². The van der Waals surface area contributed by atoms with Gasteiger partial charge in [-0.3, -0.25) is 0 Å². The molecule has 0 radical (unpaired) electrons. The predicted molar refractivity (Wildman–Crippen MR) is 63.1 cm³/mol. The Bertz CT molecular complexity index is 154. The molecule has 2 atom stereocenters. The molecule has 2 nitrogen and oxygen atoms in total. The smallest absolute Gasteiger partial charge is 0.0801 e. The summed E-state index contributed by atoms with van der Waals surface area (Å²) in [5, 5.41) is 6.25. The molecule has 1 N–H and O–H groups in total. The molecule has 2 heteroatoms. The lowest BCUT2D eigenvalue weighted by molar-refractivity contribution is -0.889. The molecular weight excluding hydrogens is 184 g/mol. The van der Waals surface area contributed by atoms with Crippen LogP contribution in [0.4, 0.5) is 0 Å². The van der Waals surface area contributed by atoms with Crippen LogP contribution < -0.4 is 4.90 Å². The predicted octanol–water partition coefficient (Wildman–Crippen LogP) is 1.98. The van der Waals surface area contributed by atoms with E-state index in [-0.39, 0.29) is 0 Å². The lowest BCUT2D eigenvalue weighted by Crippen LogP contribution is -3.10. The van der Waals surface area contributed by atoms with Crippen LogP contribution >= 0.6 is 0 Å². The Morgan fingerprint density at radius 1 is 1.20 bits per heavy atom. The summed E-state index contributed by atoms with van der Waals surface area (Å²) in [6.07, 6.45) is 8.60. The number of quaternary nitrogens is 1. The zero-order chi connectivity index (χ0) is 11.5. The summed E-state index contributed by atoms with van der Waals surface area (Å²) in [4.78, 5) is 1.88. The van der Waals surface area contributed by atoms with Gasteiger partial charge in [-0.15, -0.1) is 0 Å². The minimum Gasteiger partial charge on any atom is -0.512 e. The van der Waals surface area contributed by atoms with E-state index in [2.05, 4.69) is 13.8 Å². The Morgan fingerprint density at radius 3 is 2.53 bits per heavy atom. The maximum Gasteiger partial charge on any atom is 0.0801 e. The van der Waals surface area contributed by atoms with Gasteiger partial charge < -0.3 is 16.7 Å². The van der Waals surface area contributed by atoms with Gasteiger partial charge >= 0.3 is 0 Å². The largest absolute Gasteiger partial charge is 0.512 e. The highest BCUT2D eigenvalue weighted by Gasteiger charge is 2.24. The second-order valence-electron chi connectivity index (χ2n) is 4.60. The van der Waals surface area contributed by atoms with E-state index in [0.29, 0.717) is 0 Å². The van der Waals surface area contributed by atoms with E-state index in [4.69, 9.17) is 11.8 Å². The fourth-order valence-corrected chi connectivity index (χ4v) is 2.53. The van der Waals surface area contributed by atoms with E-state index in [0.717, 1.165) is 5.92 Å². The lowest BCUT2D eigenvalue weighted by Gasteiger charge is -2.12. The van der Waals surface area contributed by atoms with E-state index in [1.165, 1.54) is 58.2 Å². The van der Waals surface area contributed by atoms with Crippen LogP contribution in [-0.4, -0.2) is 19.6 Å². The van der Waals surface area contributed by atoms with Gasteiger partial charge in [0.15, 0.2) is 0 Å². The number of likely N-dealkylation sites (tertiary alicyclic amines) is 1. The van der Waals surface area contributed by atoms with Crippen molar-refractivity contribution >= 4 is 0 Å². The molecule has 0 aliphatic carbocycles. The summed E-state index contributed by atoms with van der Waals surface area (Å²) in [7, 11) is 0. The van der Waals surface area contributed by atoms with Gasteiger partial charge in [0.2, 0.25) is 0 Å². The van der Waals surface area contributed by atoms with Crippen LogP contribution in [0.15, 0.2) is 0 Å². The van der Waals surface area contributed by atoms with E-state index >= 15 is 0 Å². The molecule has 15 heavy (non-hydrogen) atoms. The highest BCUT2D eigenvalue weighted by atomic mass is 15.1. The van der Waals surface area contributed by atoms with Gasteiger partial charge in [0.05, 0.1) is 19.6 Å². The van der Waals surface area contributed by atoms with Crippen molar-refractivity contribution in [3.05, 3.63) is 6.57 Å². The zero-order valence-electron chi connectivity index (χ0n) is 10.4. The van der Waals surface area contributed by atoms with Crippen LogP contribution in [0.1, 0.15) is 52.4 Å². The van der Waals surface area contributed by atoms with Gasteiger partial charge in [-0.2, -0.15) is 0 Å². The van der Waals surface area contributed by atoms with Crippen molar-refractivity contribution in [3.8, 4) is 0 Å². The van der Waals surface area contributed by atoms with Crippen molar-refractivity contribution in [1.29, 1.82) is 5.26 Å². The molecule has 0 aromatic rings. The number of hydrogen-bond acceptors (Lipinski definition) is 1. The first kappa shape index (κ1) is 14.5. The van der Waals surface area contributed by atoms with Crippen LogP contribution in [0.5, 0.6) is 0 Å². The molecule has 2 unspecified atom stereocenters. The average Bonchev–Trinajstić information content (AvgIpc) is 2.70. The Hall–Kier alpha value is -0.550. The number of nitrogens with zero attached hydrogens (tertiary/aromatic N) is 1. The molecule has 1 fully saturated rings. The second-order valence-corrected chi connectivity index (χ2v) is 4.60. The summed E-state index contributed by atoms with van der Waals surface area (Å²) >= 11 is 0. The second kappa shape index (κ2) is 9.98. The summed E-state index contributed by atoms with van der Waals surface area (Å²) < 4.78 is 0. The molecule has 1 saturated heterocycles. The summed E-state index contributed by atoms with van der Waals surface area (Å²) in [5.74, 6) is 1.06. The van der Waals surface area contributed by atoms with E-state index in [1.807, 2.05) is 4.90 Å². The quantitative estimate of drug-likeness (QED) is 0.527. The van der Waals surface area contributed by atoms with Crippen LogP contribution in [0.3, 0.4) is 0 Å². The first-order valence-electron chi connectivity index (χ1n) is 6.42. The van der Waals surface area contributed by atoms with Crippen molar-refractivity contribution in [3.63, 3.8) is 0 Å². The molecule has 1 rings (SSSR count). The van der Waals surface area contributed by atoms with Crippen LogP contribution in [-0.2, 0) is 0 Å². The molecule has 1 aliphatic rings. The average molecular weight is 210 g/mol. The van der Waals surface area contributed by atoms with Crippen molar-refractivity contribution < 1.29 is 4.90 Å². The fraction of sp³-hybridized carbons (Fsp3) is 0.923. The number of nitrogens with one attached hydrogen (secondary N) is 1. The minimum atomic E-state index is 1.06. The minimum absolute atomic E-state index is 1.06. The Labute approximate surface area is 95.3 Å². The third-order valence-electron chi connectivity index (χ3n) is 3.31. The standard InChI is InChI=1S/C12H25N.CN/c1-3-5-6-9-13-10-8-12(11-13)7-4-2;1-2/h12H,3-11H2,1-2H3;/q;-1/p+1. The fourth-order valence-electron chi connectivity index (χ4n) is 2.53. The van der Waals surface area contributed by atoms with Crippen molar-refractivity contribution in [2.75, 3.05) is 19.6 Å². The number of rotatable bonds is 6. The van der Waals surface area contributed by atoms with Crippen molar-refractivity contribution in [2.24, 2.45) is 5.92 Å². The van der Waals surface area contributed by atoms with E-state index in [9.17, 15) is 0 Å². The molecule has 0 amide bonds. The Morgan fingerprint density at radius 2 is 1.93 bits per heavy atom. The SMILES string of the molecule is CCCCC[NH+]1CCC(CCC)C1.[C-]#N. The van der Waals surface area contributed by atoms with Crippen molar-refractivity contribution in [1.82, 2.24) is 0 Å². The van der Waals surface area contributed by atoms with Crippen LogP contribution in [0.2, 0.25) is 0 Å². The monoisotopic (exact) mass is 210 g/mol. The maximum absolute atomic E-state index is 6.25. The molecule has 0 saturated carbocycles. The Kier molecular flexibility index (Phi) is 9.62. The molecule has 1 aliphatic heterocycles. The summed E-state index contributed by atoms with van der Waals surface area (Å²) in [5.41, 5.74) is 0. The van der Waals surface area contributed by atoms with Gasteiger partial charge in [0.1, 0.15) is 0 Å². The maximum atomic E-state index is 6.25. The first-order chi connectivity index (χ1) is 7.36. The van der Waals surface area contributed by atoms with Gasteiger partial charge in [0.25, 0.3) is 0 Å². The summed E-state index contributed by atoms with van der Waals surface area (Å²) in [6, 6.07) is 0. The van der Waals surface area contributed by atoms with E-state index < -0.39 is 0 Å². The van der Waals surface area contributed by atoms with Crippen molar-refractivity contribution in [2.45, 2.75) is 52.4 Å². The van der Waals surface area contributed by atoms with Crippen LogP contribution in [0, 0.1) is 17.8 Å². The summed E-state index contributed by atoms with van der Waals surface area (Å²) in [6.45, 7) is 13.7. The molecule has 88 valence electrons. The molecule has 1 heterocycles. The molecule has 0 aromatic carbocycles. The zero-order valence-corrected chi connectivity index (χ0v) is 10.4. The molecule has 0 spiro atoms. The third kappa shape index (κ3) is 6.52. The Balaban J connectivity index is 0.000000921. The molecular formula is C13H26N2. The first-order valence-corrected chi connectivity index (χ1v) is 6.42. The molecule has 0 bridgehead atoms. The lowest BCUT2D eigenvalue weighted by atomic mass is 10.0.